The average Bonchev–Trinajstić information content (AvgIpc) is 2.14. The molecule has 0 saturated heterocycles. The van der Waals surface area contributed by atoms with Gasteiger partial charge >= 0.3 is 0 Å². The van der Waals surface area contributed by atoms with Gasteiger partial charge in [0.25, 0.3) is 0 Å². The molecule has 0 amide bonds. The molecule has 1 aliphatic carbocycles. The van der Waals surface area contributed by atoms with Crippen LogP contribution in [0.4, 0.5) is 0 Å². The van der Waals surface area contributed by atoms with Crippen LogP contribution < -0.4 is 0 Å². The second kappa shape index (κ2) is 5.10. The van der Waals surface area contributed by atoms with Crippen LogP contribution in [-0.4, -0.2) is 20.3 Å². The third kappa shape index (κ3) is 3.95. The SMILES string of the molecule is CC(C=NC1CCCCC1)[Si](C)(C)C. The van der Waals surface area contributed by atoms with Crippen LogP contribution in [0.1, 0.15) is 39.0 Å². The summed E-state index contributed by atoms with van der Waals surface area (Å²) in [4.78, 5) is 4.76. The van der Waals surface area contributed by atoms with Crippen LogP contribution in [0.3, 0.4) is 0 Å². The third-order valence-corrected chi connectivity index (χ3v) is 6.34. The molecule has 0 heterocycles. The maximum Gasteiger partial charge on any atom is 0.0529 e. The second-order valence-corrected chi connectivity index (χ2v) is 11.4. The predicted molar refractivity (Wildman–Crippen MR) is 68.1 cm³/mol. The molecule has 0 aromatic rings. The fraction of sp³-hybridized carbons (Fsp3) is 0.917. The maximum atomic E-state index is 4.76. The molecule has 0 N–H and O–H groups in total. The van der Waals surface area contributed by atoms with E-state index in [9.17, 15) is 0 Å². The summed E-state index contributed by atoms with van der Waals surface area (Å²) in [5.41, 5.74) is 0.726. The fourth-order valence-corrected chi connectivity index (χ4v) is 2.24. The van der Waals surface area contributed by atoms with Crippen molar-refractivity contribution in [1.82, 2.24) is 0 Å². The zero-order chi connectivity index (χ0) is 10.6. The summed E-state index contributed by atoms with van der Waals surface area (Å²) in [7, 11) is -0.994. The Hall–Kier alpha value is -0.113. The molecular formula is C12H25NSi. The lowest BCUT2D eigenvalue weighted by Crippen LogP contribution is -2.27. The highest BCUT2D eigenvalue weighted by molar-refractivity contribution is 6.79. The fourth-order valence-electron chi connectivity index (χ4n) is 1.70. The Balaban J connectivity index is 2.38. The lowest BCUT2D eigenvalue weighted by molar-refractivity contribution is 0.444. The molecule has 2 heteroatoms. The quantitative estimate of drug-likeness (QED) is 0.492. The zero-order valence-electron chi connectivity index (χ0n) is 10.2. The molecule has 1 atom stereocenters. The van der Waals surface area contributed by atoms with Crippen LogP contribution in [0.25, 0.3) is 0 Å². The molecule has 1 nitrogen and oxygen atoms in total. The minimum atomic E-state index is -0.994. The molecule has 0 spiro atoms. The monoisotopic (exact) mass is 211 g/mol. The Labute approximate surface area is 90.0 Å². The molecule has 1 rings (SSSR count). The molecule has 1 fully saturated rings. The Kier molecular flexibility index (Phi) is 4.36. The Morgan fingerprint density at radius 1 is 1.14 bits per heavy atom. The summed E-state index contributed by atoms with van der Waals surface area (Å²) < 4.78 is 0. The highest BCUT2D eigenvalue weighted by Crippen LogP contribution is 2.22. The van der Waals surface area contributed by atoms with Gasteiger partial charge in [0.1, 0.15) is 0 Å². The summed E-state index contributed by atoms with van der Waals surface area (Å²) in [5, 5.41) is 0. The summed E-state index contributed by atoms with van der Waals surface area (Å²) in [6, 6.07) is 0.655. The molecule has 0 aromatic carbocycles. The van der Waals surface area contributed by atoms with Crippen LogP contribution in [0, 0.1) is 0 Å². The average molecular weight is 211 g/mol. The van der Waals surface area contributed by atoms with Crippen LogP contribution >= 0.6 is 0 Å². The van der Waals surface area contributed by atoms with E-state index in [1.54, 1.807) is 0 Å². The van der Waals surface area contributed by atoms with Crippen molar-refractivity contribution in [1.29, 1.82) is 0 Å². The van der Waals surface area contributed by atoms with Crippen molar-refractivity contribution in [3.05, 3.63) is 0 Å². The number of nitrogens with zero attached hydrogens (tertiary/aromatic N) is 1. The second-order valence-electron chi connectivity index (χ2n) is 5.74. The molecule has 82 valence electrons. The molecule has 0 aromatic heterocycles. The van der Waals surface area contributed by atoms with Crippen molar-refractivity contribution in [3.8, 4) is 0 Å². The van der Waals surface area contributed by atoms with Crippen LogP contribution in [0.2, 0.25) is 25.2 Å². The van der Waals surface area contributed by atoms with Crippen molar-refractivity contribution in [2.24, 2.45) is 4.99 Å². The number of rotatable bonds is 3. The maximum absolute atomic E-state index is 4.76. The Morgan fingerprint density at radius 3 is 2.21 bits per heavy atom. The van der Waals surface area contributed by atoms with Gasteiger partial charge in [-0.3, -0.25) is 4.99 Å². The topological polar surface area (TPSA) is 12.4 Å². The highest BCUT2D eigenvalue weighted by Gasteiger charge is 2.21. The van der Waals surface area contributed by atoms with E-state index in [0.29, 0.717) is 6.04 Å². The van der Waals surface area contributed by atoms with Gasteiger partial charge in [0.2, 0.25) is 0 Å². The lowest BCUT2D eigenvalue weighted by atomic mass is 9.96. The Morgan fingerprint density at radius 2 is 1.71 bits per heavy atom. The summed E-state index contributed by atoms with van der Waals surface area (Å²) >= 11 is 0. The van der Waals surface area contributed by atoms with E-state index < -0.39 is 8.07 Å². The van der Waals surface area contributed by atoms with Crippen molar-refractivity contribution >= 4 is 14.3 Å². The predicted octanol–water partition coefficient (Wildman–Crippen LogP) is 4.12. The minimum Gasteiger partial charge on any atom is -0.294 e. The normalized spacial score (nSPS) is 22.9. The number of aliphatic imine (C=N–C) groups is 1. The summed E-state index contributed by atoms with van der Waals surface area (Å²) in [6.07, 6.45) is 9.12. The Bertz CT molecular complexity index is 187. The van der Waals surface area contributed by atoms with Gasteiger partial charge in [0.15, 0.2) is 0 Å². The van der Waals surface area contributed by atoms with E-state index in [-0.39, 0.29) is 0 Å². The number of hydrogen-bond acceptors (Lipinski definition) is 1. The van der Waals surface area contributed by atoms with E-state index in [1.807, 2.05) is 0 Å². The van der Waals surface area contributed by atoms with Gasteiger partial charge < -0.3 is 0 Å². The van der Waals surface area contributed by atoms with E-state index in [0.717, 1.165) is 5.54 Å². The van der Waals surface area contributed by atoms with Gasteiger partial charge in [0.05, 0.1) is 8.07 Å². The first-order chi connectivity index (χ1) is 6.50. The van der Waals surface area contributed by atoms with Gasteiger partial charge in [-0.05, 0) is 24.6 Å². The van der Waals surface area contributed by atoms with Crippen LogP contribution in [0.5, 0.6) is 0 Å². The minimum absolute atomic E-state index is 0.655. The van der Waals surface area contributed by atoms with Crippen molar-refractivity contribution in [3.63, 3.8) is 0 Å². The van der Waals surface area contributed by atoms with Gasteiger partial charge in [-0.15, -0.1) is 0 Å². The van der Waals surface area contributed by atoms with E-state index in [1.165, 1.54) is 32.1 Å². The van der Waals surface area contributed by atoms with Crippen LogP contribution in [0.15, 0.2) is 4.99 Å². The first kappa shape index (κ1) is 12.0. The van der Waals surface area contributed by atoms with Gasteiger partial charge in [-0.1, -0.05) is 45.8 Å². The van der Waals surface area contributed by atoms with E-state index in [4.69, 9.17) is 4.99 Å². The molecule has 1 saturated carbocycles. The van der Waals surface area contributed by atoms with E-state index in [2.05, 4.69) is 32.8 Å². The van der Waals surface area contributed by atoms with Gasteiger partial charge in [0, 0.05) is 6.04 Å². The first-order valence-corrected chi connectivity index (χ1v) is 9.61. The lowest BCUT2D eigenvalue weighted by Gasteiger charge is -2.23. The molecule has 0 aliphatic heterocycles. The number of hydrogen-bond donors (Lipinski definition) is 0. The molecule has 0 radical (unpaired) electrons. The van der Waals surface area contributed by atoms with Crippen LogP contribution in [-0.2, 0) is 0 Å². The molecule has 1 unspecified atom stereocenters. The third-order valence-electron chi connectivity index (χ3n) is 3.46. The van der Waals surface area contributed by atoms with Crippen molar-refractivity contribution in [2.45, 2.75) is 70.3 Å². The molecular weight excluding hydrogens is 186 g/mol. The molecule has 0 bridgehead atoms. The van der Waals surface area contributed by atoms with E-state index >= 15 is 0 Å². The first-order valence-electron chi connectivity index (χ1n) is 6.03. The van der Waals surface area contributed by atoms with Crippen molar-refractivity contribution < 1.29 is 0 Å². The zero-order valence-corrected chi connectivity index (χ0v) is 11.2. The molecule has 1 aliphatic rings. The summed E-state index contributed by atoms with van der Waals surface area (Å²) in [5.74, 6) is 0. The van der Waals surface area contributed by atoms with Gasteiger partial charge in [-0.2, -0.15) is 0 Å². The standard InChI is InChI=1S/C12H25NSi/c1-11(14(2,3)4)10-13-12-8-6-5-7-9-12/h10-12H,5-9H2,1-4H3. The van der Waals surface area contributed by atoms with Crippen molar-refractivity contribution in [2.75, 3.05) is 0 Å². The largest absolute Gasteiger partial charge is 0.294 e. The van der Waals surface area contributed by atoms with Gasteiger partial charge in [-0.25, -0.2) is 0 Å². The molecule has 14 heavy (non-hydrogen) atoms. The smallest absolute Gasteiger partial charge is 0.0529 e. The highest BCUT2D eigenvalue weighted by atomic mass is 28.3. The summed E-state index contributed by atoms with van der Waals surface area (Å²) in [6.45, 7) is 9.60.